The van der Waals surface area contributed by atoms with E-state index in [4.69, 9.17) is 9.31 Å². The van der Waals surface area contributed by atoms with E-state index in [9.17, 15) is 22.7 Å². The molecule has 1 saturated heterocycles. The lowest BCUT2D eigenvalue weighted by Gasteiger charge is -2.32. The molecule has 0 saturated carbocycles. The van der Waals surface area contributed by atoms with Crippen LogP contribution in [0.1, 0.15) is 38.8 Å². The van der Waals surface area contributed by atoms with Gasteiger partial charge in [0.15, 0.2) is 0 Å². The lowest BCUT2D eigenvalue weighted by molar-refractivity contribution is -0.323. The molecule has 1 heterocycles. The van der Waals surface area contributed by atoms with Crippen LogP contribution in [0.25, 0.3) is 0 Å². The van der Waals surface area contributed by atoms with Crippen molar-refractivity contribution in [3.8, 4) is 0 Å². The van der Waals surface area contributed by atoms with Gasteiger partial charge < -0.3 is 14.4 Å². The fourth-order valence-electron chi connectivity index (χ4n) is 2.23. The van der Waals surface area contributed by atoms with Gasteiger partial charge in [-0.25, -0.2) is 0 Å². The lowest BCUT2D eigenvalue weighted by atomic mass is 9.75. The monoisotopic (exact) mass is 334 g/mol. The molecule has 128 valence electrons. The quantitative estimate of drug-likeness (QED) is 0.668. The largest absolute Gasteiger partial charge is 0.495 e. The van der Waals surface area contributed by atoms with Crippen molar-refractivity contribution in [2.45, 2.75) is 57.9 Å². The average Bonchev–Trinajstić information content (AvgIpc) is 2.57. The maximum absolute atomic E-state index is 13.8. The van der Waals surface area contributed by atoms with Crippen molar-refractivity contribution in [3.05, 3.63) is 29.3 Å². The van der Waals surface area contributed by atoms with Crippen LogP contribution < -0.4 is 5.46 Å². The van der Waals surface area contributed by atoms with Crippen molar-refractivity contribution in [1.29, 1.82) is 0 Å². The second-order valence-corrected chi connectivity index (χ2v) is 6.78. The second-order valence-electron chi connectivity index (χ2n) is 6.78. The number of alkyl halides is 4. The summed E-state index contributed by atoms with van der Waals surface area (Å²) in [6.45, 7) is 8.84. The molecule has 1 unspecified atom stereocenters. The number of aryl methyl sites for hydroxylation is 1. The molecule has 1 atom stereocenters. The summed E-state index contributed by atoms with van der Waals surface area (Å²) in [4.78, 5) is 0. The summed E-state index contributed by atoms with van der Waals surface area (Å²) < 4.78 is 63.4. The fraction of sp³-hybridized carbons (Fsp3) is 0.600. The van der Waals surface area contributed by atoms with Crippen molar-refractivity contribution in [2.24, 2.45) is 0 Å². The molecule has 8 heteroatoms. The first-order chi connectivity index (χ1) is 10.2. The molecule has 1 aliphatic rings. The SMILES string of the molecule is Cc1ccc(C(O)(F)C(F)(F)F)cc1B1OC(C)(C)C(C)(C)O1. The number of hydrogen-bond donors (Lipinski definition) is 1. The van der Waals surface area contributed by atoms with Gasteiger partial charge in [-0.2, -0.15) is 17.6 Å². The molecule has 1 aliphatic heterocycles. The summed E-state index contributed by atoms with van der Waals surface area (Å²) in [7, 11) is -0.941. The minimum atomic E-state index is -5.44. The number of halogens is 4. The summed E-state index contributed by atoms with van der Waals surface area (Å²) >= 11 is 0. The van der Waals surface area contributed by atoms with E-state index in [1.807, 2.05) is 0 Å². The molecule has 2 rings (SSSR count). The molecule has 1 aromatic rings. The molecule has 1 N–H and O–H groups in total. The average molecular weight is 334 g/mol. The zero-order valence-corrected chi connectivity index (χ0v) is 13.6. The third-order valence-corrected chi connectivity index (χ3v) is 4.54. The zero-order valence-electron chi connectivity index (χ0n) is 13.6. The molecule has 0 aliphatic carbocycles. The Kier molecular flexibility index (Phi) is 4.11. The molecule has 3 nitrogen and oxygen atoms in total. The Balaban J connectivity index is 2.45. The first-order valence-corrected chi connectivity index (χ1v) is 7.14. The van der Waals surface area contributed by atoms with Gasteiger partial charge in [-0.3, -0.25) is 0 Å². The van der Waals surface area contributed by atoms with Gasteiger partial charge in [0.05, 0.1) is 11.2 Å². The van der Waals surface area contributed by atoms with Crippen LogP contribution in [0.15, 0.2) is 18.2 Å². The van der Waals surface area contributed by atoms with E-state index in [0.29, 0.717) is 5.56 Å². The molecular formula is C15H19BF4O3. The van der Waals surface area contributed by atoms with Crippen molar-refractivity contribution in [1.82, 2.24) is 0 Å². The Labute approximate surface area is 132 Å². The highest BCUT2D eigenvalue weighted by Crippen LogP contribution is 2.41. The fourth-order valence-corrected chi connectivity index (χ4v) is 2.23. The minimum absolute atomic E-state index is 0.251. The maximum atomic E-state index is 13.8. The molecule has 23 heavy (non-hydrogen) atoms. The number of hydrogen-bond acceptors (Lipinski definition) is 3. The number of rotatable bonds is 2. The molecule has 0 spiro atoms. The van der Waals surface area contributed by atoms with Gasteiger partial charge in [0.2, 0.25) is 0 Å². The summed E-state index contributed by atoms with van der Waals surface area (Å²) in [6.07, 6.45) is -5.44. The van der Waals surface area contributed by atoms with E-state index in [1.54, 1.807) is 34.6 Å². The highest BCUT2D eigenvalue weighted by atomic mass is 19.4. The van der Waals surface area contributed by atoms with Gasteiger partial charge in [-0.1, -0.05) is 23.8 Å². The van der Waals surface area contributed by atoms with Gasteiger partial charge in [0.1, 0.15) is 0 Å². The molecular weight excluding hydrogens is 315 g/mol. The van der Waals surface area contributed by atoms with E-state index in [2.05, 4.69) is 0 Å². The summed E-state index contributed by atoms with van der Waals surface area (Å²) in [5.74, 6) is -4.43. The van der Waals surface area contributed by atoms with E-state index < -0.39 is 35.9 Å². The van der Waals surface area contributed by atoms with Crippen LogP contribution in [-0.2, 0) is 15.2 Å². The normalized spacial score (nSPS) is 23.0. The molecule has 0 amide bonds. The first-order valence-electron chi connectivity index (χ1n) is 7.14. The standard InChI is InChI=1S/C15H19BF4O3/c1-9-6-7-10(14(17,21)15(18,19)20)8-11(9)16-22-12(2,3)13(4,5)23-16/h6-8,21H,1-5H3. The molecule has 1 aromatic carbocycles. The van der Waals surface area contributed by atoms with Gasteiger partial charge in [-0.05, 0) is 40.1 Å². The molecule has 0 bridgehead atoms. The first kappa shape index (κ1) is 18.2. The zero-order chi connectivity index (χ0) is 17.8. The molecule has 0 aromatic heterocycles. The van der Waals surface area contributed by atoms with Crippen LogP contribution in [0.3, 0.4) is 0 Å². The van der Waals surface area contributed by atoms with E-state index in [1.165, 1.54) is 6.07 Å². The van der Waals surface area contributed by atoms with Gasteiger partial charge in [0.25, 0.3) is 0 Å². The smallest absolute Gasteiger partial charge is 0.399 e. The Morgan fingerprint density at radius 2 is 1.48 bits per heavy atom. The second kappa shape index (κ2) is 5.19. The highest BCUT2D eigenvalue weighted by molar-refractivity contribution is 6.62. The lowest BCUT2D eigenvalue weighted by Crippen LogP contribution is -2.41. The van der Waals surface area contributed by atoms with Crippen LogP contribution >= 0.6 is 0 Å². The summed E-state index contributed by atoms with van der Waals surface area (Å²) in [6, 6.07) is 3.13. The van der Waals surface area contributed by atoms with Gasteiger partial charge in [-0.15, -0.1) is 0 Å². The Morgan fingerprint density at radius 1 is 1.00 bits per heavy atom. The van der Waals surface area contributed by atoms with E-state index >= 15 is 0 Å². The van der Waals surface area contributed by atoms with Crippen molar-refractivity contribution in [2.75, 3.05) is 0 Å². The van der Waals surface area contributed by atoms with Crippen LogP contribution in [-0.4, -0.2) is 29.6 Å². The Morgan fingerprint density at radius 3 is 1.91 bits per heavy atom. The number of aliphatic hydroxyl groups is 1. The predicted octanol–water partition coefficient (Wildman–Crippen LogP) is 2.97. The number of benzene rings is 1. The minimum Gasteiger partial charge on any atom is -0.399 e. The third kappa shape index (κ3) is 2.99. The van der Waals surface area contributed by atoms with Crippen LogP contribution in [0.5, 0.6) is 0 Å². The van der Waals surface area contributed by atoms with Crippen LogP contribution in [0.4, 0.5) is 17.6 Å². The molecule has 1 fully saturated rings. The van der Waals surface area contributed by atoms with Crippen LogP contribution in [0, 0.1) is 6.92 Å². The molecule has 0 radical (unpaired) electrons. The maximum Gasteiger partial charge on any atom is 0.495 e. The Hall–Kier alpha value is -1.12. The predicted molar refractivity (Wildman–Crippen MR) is 78.0 cm³/mol. The van der Waals surface area contributed by atoms with E-state index in [0.717, 1.165) is 12.1 Å². The van der Waals surface area contributed by atoms with Crippen LogP contribution in [0.2, 0.25) is 0 Å². The topological polar surface area (TPSA) is 38.7 Å². The van der Waals surface area contributed by atoms with Gasteiger partial charge in [0, 0.05) is 5.56 Å². The van der Waals surface area contributed by atoms with Crippen molar-refractivity contribution in [3.63, 3.8) is 0 Å². The van der Waals surface area contributed by atoms with Gasteiger partial charge >= 0.3 is 19.1 Å². The van der Waals surface area contributed by atoms with E-state index in [-0.39, 0.29) is 5.46 Å². The highest BCUT2D eigenvalue weighted by Gasteiger charge is 2.57. The Bertz CT molecular complexity index is 595. The third-order valence-electron chi connectivity index (χ3n) is 4.54. The van der Waals surface area contributed by atoms with Crippen molar-refractivity contribution >= 4 is 12.6 Å². The summed E-state index contributed by atoms with van der Waals surface area (Å²) in [5, 5.41) is 9.21. The summed E-state index contributed by atoms with van der Waals surface area (Å²) in [5.41, 5.74) is -1.45. The van der Waals surface area contributed by atoms with Crippen molar-refractivity contribution < 1.29 is 32.0 Å².